The van der Waals surface area contributed by atoms with Crippen molar-refractivity contribution in [2.75, 3.05) is 10.6 Å². The molecule has 3 aromatic rings. The Morgan fingerprint density at radius 3 is 2.52 bits per heavy atom. The summed E-state index contributed by atoms with van der Waals surface area (Å²) in [6.45, 7) is 3.84. The average molecular weight is 381 g/mol. The number of allylic oxidation sites excluding steroid dienone is 1. The maximum Gasteiger partial charge on any atom is 0.255 e. The van der Waals surface area contributed by atoms with E-state index in [1.807, 2.05) is 50.2 Å². The highest BCUT2D eigenvalue weighted by molar-refractivity contribution is 6.30. The second kappa shape index (κ2) is 6.85. The molecule has 0 bridgehead atoms. The summed E-state index contributed by atoms with van der Waals surface area (Å²) in [6.07, 6.45) is 0. The van der Waals surface area contributed by atoms with Gasteiger partial charge in [-0.2, -0.15) is 4.68 Å². The molecule has 0 saturated heterocycles. The smallest absolute Gasteiger partial charge is 0.255 e. The molecule has 0 radical (unpaired) electrons. The van der Waals surface area contributed by atoms with Gasteiger partial charge in [-0.1, -0.05) is 46.5 Å². The van der Waals surface area contributed by atoms with Crippen molar-refractivity contribution in [1.82, 2.24) is 20.2 Å². The number of aryl methyl sites for hydroxylation is 1. The summed E-state index contributed by atoms with van der Waals surface area (Å²) in [6, 6.07) is 14.5. The van der Waals surface area contributed by atoms with E-state index in [0.717, 1.165) is 16.8 Å². The van der Waals surface area contributed by atoms with Crippen LogP contribution >= 0.6 is 11.6 Å². The number of amides is 1. The van der Waals surface area contributed by atoms with Gasteiger partial charge in [0.2, 0.25) is 5.95 Å². The number of carbonyl (C=O) groups is 1. The number of nitrogens with zero attached hydrogens (tertiary/aromatic N) is 4. The number of carbonyl (C=O) groups excluding carboxylic acids is 1. The van der Waals surface area contributed by atoms with Gasteiger partial charge in [-0.3, -0.25) is 4.79 Å². The number of hydrogen-bond donors (Lipinski definition) is 2. The third-order valence-electron chi connectivity index (χ3n) is 4.45. The standard InChI is InChI=1S/C19H17ClN6O/c1-11-3-9-15(10-4-11)22-18(27)16-12(2)21-19-23-24-25-26(19)17(16)13-5-7-14(20)8-6-13/h3-10,17H,1-2H3,(H,22,27)(H,21,23,25). The largest absolute Gasteiger partial charge is 0.326 e. The molecule has 2 heterocycles. The number of anilines is 2. The van der Waals surface area contributed by atoms with Crippen molar-refractivity contribution < 1.29 is 4.79 Å². The first kappa shape index (κ1) is 17.2. The molecular weight excluding hydrogens is 364 g/mol. The van der Waals surface area contributed by atoms with Crippen molar-refractivity contribution in [3.05, 3.63) is 76.0 Å². The quantitative estimate of drug-likeness (QED) is 0.725. The molecule has 0 spiro atoms. The van der Waals surface area contributed by atoms with E-state index in [1.165, 1.54) is 0 Å². The van der Waals surface area contributed by atoms with E-state index < -0.39 is 6.04 Å². The fraction of sp³-hybridized carbons (Fsp3) is 0.158. The van der Waals surface area contributed by atoms with Crippen molar-refractivity contribution in [1.29, 1.82) is 0 Å². The molecule has 1 unspecified atom stereocenters. The zero-order valence-electron chi connectivity index (χ0n) is 14.8. The Kier molecular flexibility index (Phi) is 4.37. The first-order valence-corrected chi connectivity index (χ1v) is 8.80. The van der Waals surface area contributed by atoms with E-state index in [1.54, 1.807) is 16.8 Å². The first-order valence-electron chi connectivity index (χ1n) is 8.42. The molecule has 1 amide bonds. The monoisotopic (exact) mass is 380 g/mol. The van der Waals surface area contributed by atoms with Crippen LogP contribution in [-0.4, -0.2) is 26.1 Å². The molecule has 27 heavy (non-hydrogen) atoms. The number of nitrogens with one attached hydrogen (secondary N) is 2. The predicted molar refractivity (Wildman–Crippen MR) is 104 cm³/mol. The van der Waals surface area contributed by atoms with Crippen molar-refractivity contribution in [2.24, 2.45) is 0 Å². The van der Waals surface area contributed by atoms with E-state index in [2.05, 4.69) is 26.2 Å². The Balaban J connectivity index is 1.74. The van der Waals surface area contributed by atoms with Crippen LogP contribution < -0.4 is 10.6 Å². The number of aromatic nitrogens is 4. The molecule has 0 aliphatic carbocycles. The maximum absolute atomic E-state index is 13.1. The Bertz CT molecular complexity index is 1020. The van der Waals surface area contributed by atoms with Crippen LogP contribution in [0.15, 0.2) is 59.8 Å². The Hall–Kier alpha value is -3.19. The minimum Gasteiger partial charge on any atom is -0.326 e. The number of rotatable bonds is 3. The predicted octanol–water partition coefficient (Wildman–Crippen LogP) is 3.56. The fourth-order valence-electron chi connectivity index (χ4n) is 3.09. The molecule has 1 atom stereocenters. The van der Waals surface area contributed by atoms with Crippen LogP contribution in [0.2, 0.25) is 5.02 Å². The van der Waals surface area contributed by atoms with Gasteiger partial charge in [0, 0.05) is 16.4 Å². The highest BCUT2D eigenvalue weighted by Crippen LogP contribution is 2.35. The lowest BCUT2D eigenvalue weighted by molar-refractivity contribution is -0.113. The van der Waals surface area contributed by atoms with E-state index in [-0.39, 0.29) is 5.91 Å². The molecule has 2 aromatic carbocycles. The molecule has 4 rings (SSSR count). The average Bonchev–Trinajstić information content (AvgIpc) is 3.11. The van der Waals surface area contributed by atoms with Gasteiger partial charge in [0.25, 0.3) is 5.91 Å². The molecule has 7 nitrogen and oxygen atoms in total. The molecular formula is C19H17ClN6O. The van der Waals surface area contributed by atoms with Gasteiger partial charge in [-0.05, 0) is 54.1 Å². The lowest BCUT2D eigenvalue weighted by Crippen LogP contribution is -2.31. The van der Waals surface area contributed by atoms with Crippen LogP contribution in [0.4, 0.5) is 11.6 Å². The van der Waals surface area contributed by atoms with Crippen LogP contribution in [0.3, 0.4) is 0 Å². The zero-order valence-corrected chi connectivity index (χ0v) is 15.5. The summed E-state index contributed by atoms with van der Waals surface area (Å²) in [7, 11) is 0. The molecule has 8 heteroatoms. The van der Waals surface area contributed by atoms with Crippen molar-refractivity contribution in [3.63, 3.8) is 0 Å². The van der Waals surface area contributed by atoms with Gasteiger partial charge < -0.3 is 10.6 Å². The summed E-state index contributed by atoms with van der Waals surface area (Å²) >= 11 is 6.03. The van der Waals surface area contributed by atoms with E-state index in [0.29, 0.717) is 22.2 Å². The Labute approximate surface area is 161 Å². The summed E-state index contributed by atoms with van der Waals surface area (Å²) < 4.78 is 1.60. The van der Waals surface area contributed by atoms with Crippen LogP contribution in [-0.2, 0) is 4.79 Å². The molecule has 2 N–H and O–H groups in total. The molecule has 136 valence electrons. The van der Waals surface area contributed by atoms with Gasteiger partial charge in [-0.15, -0.1) is 0 Å². The van der Waals surface area contributed by atoms with E-state index >= 15 is 0 Å². The van der Waals surface area contributed by atoms with Gasteiger partial charge in [0.15, 0.2) is 0 Å². The molecule has 0 saturated carbocycles. The van der Waals surface area contributed by atoms with Crippen LogP contribution in [0.25, 0.3) is 0 Å². The van der Waals surface area contributed by atoms with Gasteiger partial charge in [-0.25, -0.2) is 0 Å². The normalized spacial score (nSPS) is 15.9. The summed E-state index contributed by atoms with van der Waals surface area (Å²) in [5.41, 5.74) is 3.95. The highest BCUT2D eigenvalue weighted by Gasteiger charge is 2.33. The number of tetrazole rings is 1. The lowest BCUT2D eigenvalue weighted by Gasteiger charge is -2.28. The molecule has 1 aromatic heterocycles. The van der Waals surface area contributed by atoms with E-state index in [9.17, 15) is 4.79 Å². The zero-order chi connectivity index (χ0) is 19.0. The second-order valence-corrected chi connectivity index (χ2v) is 6.82. The first-order chi connectivity index (χ1) is 13.0. The van der Waals surface area contributed by atoms with E-state index in [4.69, 9.17) is 11.6 Å². The molecule has 0 fully saturated rings. The SMILES string of the molecule is CC1=C(C(=O)Nc2ccc(C)cc2)C(c2ccc(Cl)cc2)n2nnnc2N1. The van der Waals surface area contributed by atoms with Crippen molar-refractivity contribution >= 4 is 29.1 Å². The third kappa shape index (κ3) is 3.29. The Morgan fingerprint density at radius 2 is 1.81 bits per heavy atom. The maximum atomic E-state index is 13.1. The van der Waals surface area contributed by atoms with Gasteiger partial charge >= 0.3 is 0 Å². The number of benzene rings is 2. The summed E-state index contributed by atoms with van der Waals surface area (Å²) in [5, 5.41) is 18.5. The minimum absolute atomic E-state index is 0.218. The third-order valence-corrected chi connectivity index (χ3v) is 4.71. The molecule has 1 aliphatic heterocycles. The van der Waals surface area contributed by atoms with Crippen molar-refractivity contribution in [3.8, 4) is 0 Å². The lowest BCUT2D eigenvalue weighted by atomic mass is 9.95. The summed E-state index contributed by atoms with van der Waals surface area (Å²) in [5.74, 6) is 0.268. The Morgan fingerprint density at radius 1 is 1.11 bits per heavy atom. The van der Waals surface area contributed by atoms with Crippen molar-refractivity contribution in [2.45, 2.75) is 19.9 Å². The van der Waals surface area contributed by atoms with Gasteiger partial charge in [0.1, 0.15) is 6.04 Å². The molecule has 1 aliphatic rings. The number of hydrogen-bond acceptors (Lipinski definition) is 5. The number of halogens is 1. The van der Waals surface area contributed by atoms with Crippen LogP contribution in [0.1, 0.15) is 24.1 Å². The summed E-state index contributed by atoms with van der Waals surface area (Å²) in [4.78, 5) is 13.1. The second-order valence-electron chi connectivity index (χ2n) is 6.38. The highest BCUT2D eigenvalue weighted by atomic mass is 35.5. The van der Waals surface area contributed by atoms with Crippen LogP contribution in [0, 0.1) is 6.92 Å². The topological polar surface area (TPSA) is 84.7 Å². The minimum atomic E-state index is -0.459. The van der Waals surface area contributed by atoms with Crippen LogP contribution in [0.5, 0.6) is 0 Å². The van der Waals surface area contributed by atoms with Gasteiger partial charge in [0.05, 0.1) is 5.57 Å². The fourth-order valence-corrected chi connectivity index (χ4v) is 3.22. The number of fused-ring (bicyclic) bond motifs is 1.